The normalized spacial score (nSPS) is 10.2. The van der Waals surface area contributed by atoms with E-state index in [1.165, 1.54) is 7.11 Å². The van der Waals surface area contributed by atoms with Crippen LogP contribution in [0.5, 0.6) is 0 Å². The van der Waals surface area contributed by atoms with Crippen molar-refractivity contribution in [3.8, 4) is 22.3 Å². The molecule has 0 N–H and O–H groups in total. The van der Waals surface area contributed by atoms with Crippen LogP contribution in [-0.4, -0.2) is 28.0 Å². The van der Waals surface area contributed by atoms with Gasteiger partial charge in [0.05, 0.1) is 7.11 Å². The summed E-state index contributed by atoms with van der Waals surface area (Å²) >= 11 is 0. The van der Waals surface area contributed by atoms with Gasteiger partial charge in [0.25, 0.3) is 0 Å². The molecule has 3 rings (SSSR count). The molecule has 22 heavy (non-hydrogen) atoms. The van der Waals surface area contributed by atoms with Crippen molar-refractivity contribution in [2.75, 3.05) is 7.11 Å². The number of carbonyl (C=O) groups is 1. The van der Waals surface area contributed by atoms with Crippen molar-refractivity contribution in [1.29, 1.82) is 0 Å². The van der Waals surface area contributed by atoms with E-state index < -0.39 is 5.97 Å². The summed E-state index contributed by atoms with van der Waals surface area (Å²) in [5, 5.41) is 0. The van der Waals surface area contributed by atoms with Crippen LogP contribution in [0.4, 0.5) is 0 Å². The van der Waals surface area contributed by atoms with E-state index in [1.54, 1.807) is 31.0 Å². The molecule has 0 unspecified atom stereocenters. The summed E-state index contributed by atoms with van der Waals surface area (Å²) in [5.74, 6) is -0.475. The molecule has 5 nitrogen and oxygen atoms in total. The lowest BCUT2D eigenvalue weighted by molar-refractivity contribution is 0.0595. The fourth-order valence-electron chi connectivity index (χ4n) is 2.16. The van der Waals surface area contributed by atoms with E-state index in [0.29, 0.717) is 5.56 Å². The Balaban J connectivity index is 2.17. The van der Waals surface area contributed by atoms with Crippen LogP contribution in [0.1, 0.15) is 10.5 Å². The van der Waals surface area contributed by atoms with Crippen molar-refractivity contribution in [3.05, 3.63) is 67.0 Å². The maximum Gasteiger partial charge on any atom is 0.357 e. The molecule has 3 aromatic rings. The van der Waals surface area contributed by atoms with Crippen LogP contribution in [0.2, 0.25) is 0 Å². The van der Waals surface area contributed by atoms with Crippen LogP contribution < -0.4 is 0 Å². The van der Waals surface area contributed by atoms with E-state index in [4.69, 9.17) is 4.74 Å². The summed E-state index contributed by atoms with van der Waals surface area (Å²) in [6, 6.07) is 9.38. The second kappa shape index (κ2) is 6.13. The number of methoxy groups -OCH3 is 1. The molecule has 0 aliphatic carbocycles. The minimum absolute atomic E-state index is 0.267. The van der Waals surface area contributed by atoms with Crippen molar-refractivity contribution in [1.82, 2.24) is 15.0 Å². The Bertz CT molecular complexity index is 790. The van der Waals surface area contributed by atoms with Gasteiger partial charge in [0.2, 0.25) is 0 Å². The third-order valence-corrected chi connectivity index (χ3v) is 3.23. The number of esters is 1. The van der Waals surface area contributed by atoms with Crippen LogP contribution in [0.25, 0.3) is 22.3 Å². The van der Waals surface area contributed by atoms with Crippen LogP contribution in [0.15, 0.2) is 61.3 Å². The summed E-state index contributed by atoms with van der Waals surface area (Å²) in [6.07, 6.45) is 8.48. The molecule has 0 aliphatic rings. The lowest BCUT2D eigenvalue weighted by Gasteiger charge is -2.09. The first-order chi connectivity index (χ1) is 10.8. The Morgan fingerprint density at radius 2 is 1.64 bits per heavy atom. The lowest BCUT2D eigenvalue weighted by atomic mass is 10.0. The maximum absolute atomic E-state index is 11.9. The minimum atomic E-state index is -0.475. The summed E-state index contributed by atoms with van der Waals surface area (Å²) in [5.41, 5.74) is 3.56. The van der Waals surface area contributed by atoms with Gasteiger partial charge in [-0.25, -0.2) is 9.78 Å². The average Bonchev–Trinajstić information content (AvgIpc) is 2.62. The van der Waals surface area contributed by atoms with Gasteiger partial charge >= 0.3 is 5.97 Å². The number of hydrogen-bond acceptors (Lipinski definition) is 5. The molecule has 0 saturated carbocycles. The van der Waals surface area contributed by atoms with Crippen LogP contribution in [-0.2, 0) is 4.74 Å². The van der Waals surface area contributed by atoms with Gasteiger partial charge in [0, 0.05) is 53.2 Å². The minimum Gasteiger partial charge on any atom is -0.464 e. The van der Waals surface area contributed by atoms with E-state index in [0.717, 1.165) is 16.7 Å². The van der Waals surface area contributed by atoms with Crippen LogP contribution in [0, 0.1) is 0 Å². The highest BCUT2D eigenvalue weighted by Gasteiger charge is 2.16. The summed E-state index contributed by atoms with van der Waals surface area (Å²) in [6.45, 7) is 0. The maximum atomic E-state index is 11.9. The quantitative estimate of drug-likeness (QED) is 0.694. The molecule has 0 amide bonds. The highest BCUT2D eigenvalue weighted by molar-refractivity contribution is 5.96. The van der Waals surface area contributed by atoms with E-state index in [-0.39, 0.29) is 5.69 Å². The highest BCUT2D eigenvalue weighted by Crippen LogP contribution is 2.27. The standard InChI is InChI=1S/C17H13N3O2/c1-22-17(21)16-15(13-5-3-7-19-10-13)8-14(11-20-16)12-4-2-6-18-9-12/h2-11H,1H3. The Morgan fingerprint density at radius 3 is 2.23 bits per heavy atom. The van der Waals surface area contributed by atoms with Gasteiger partial charge in [-0.3, -0.25) is 9.97 Å². The molecular weight excluding hydrogens is 278 g/mol. The molecule has 0 spiro atoms. The number of pyridine rings is 3. The van der Waals surface area contributed by atoms with Crippen molar-refractivity contribution in [2.45, 2.75) is 0 Å². The van der Waals surface area contributed by atoms with Crippen LogP contribution in [0.3, 0.4) is 0 Å². The number of hydrogen-bond donors (Lipinski definition) is 0. The largest absolute Gasteiger partial charge is 0.464 e. The first kappa shape index (κ1) is 13.9. The number of rotatable bonds is 3. The Hall–Kier alpha value is -3.08. The van der Waals surface area contributed by atoms with Gasteiger partial charge in [-0.2, -0.15) is 0 Å². The molecule has 0 atom stereocenters. The molecule has 0 bridgehead atoms. The van der Waals surface area contributed by atoms with Gasteiger partial charge in [-0.15, -0.1) is 0 Å². The SMILES string of the molecule is COC(=O)c1ncc(-c2cccnc2)cc1-c1cccnc1. The Morgan fingerprint density at radius 1 is 0.955 bits per heavy atom. The summed E-state index contributed by atoms with van der Waals surface area (Å²) in [4.78, 5) is 24.4. The molecule has 0 fully saturated rings. The zero-order chi connectivity index (χ0) is 15.4. The molecule has 0 radical (unpaired) electrons. The highest BCUT2D eigenvalue weighted by atomic mass is 16.5. The Kier molecular flexibility index (Phi) is 3.87. The number of ether oxygens (including phenoxy) is 1. The van der Waals surface area contributed by atoms with E-state index >= 15 is 0 Å². The molecule has 5 heteroatoms. The van der Waals surface area contributed by atoms with Crippen molar-refractivity contribution in [2.24, 2.45) is 0 Å². The molecule has 3 heterocycles. The average molecular weight is 291 g/mol. The topological polar surface area (TPSA) is 65.0 Å². The number of carbonyl (C=O) groups excluding carboxylic acids is 1. The molecule has 0 aliphatic heterocycles. The number of nitrogens with zero attached hydrogens (tertiary/aromatic N) is 3. The zero-order valence-electron chi connectivity index (χ0n) is 11.9. The summed E-state index contributed by atoms with van der Waals surface area (Å²) in [7, 11) is 1.34. The third-order valence-electron chi connectivity index (χ3n) is 3.23. The zero-order valence-corrected chi connectivity index (χ0v) is 11.9. The van der Waals surface area contributed by atoms with Gasteiger partial charge in [-0.1, -0.05) is 12.1 Å². The Labute approximate surface area is 127 Å². The van der Waals surface area contributed by atoms with Gasteiger partial charge in [-0.05, 0) is 18.2 Å². The van der Waals surface area contributed by atoms with Crippen LogP contribution >= 0.6 is 0 Å². The van der Waals surface area contributed by atoms with Gasteiger partial charge in [0.15, 0.2) is 5.69 Å². The monoisotopic (exact) mass is 291 g/mol. The van der Waals surface area contributed by atoms with Gasteiger partial charge < -0.3 is 4.74 Å². The number of aromatic nitrogens is 3. The molecule has 3 aromatic heterocycles. The summed E-state index contributed by atoms with van der Waals surface area (Å²) < 4.78 is 4.81. The van der Waals surface area contributed by atoms with Crippen molar-refractivity contribution < 1.29 is 9.53 Å². The predicted octanol–water partition coefficient (Wildman–Crippen LogP) is 2.99. The molecule has 0 aromatic carbocycles. The van der Waals surface area contributed by atoms with Crippen molar-refractivity contribution in [3.63, 3.8) is 0 Å². The van der Waals surface area contributed by atoms with E-state index in [1.807, 2.05) is 30.3 Å². The molecule has 108 valence electrons. The second-order valence-corrected chi connectivity index (χ2v) is 4.60. The smallest absolute Gasteiger partial charge is 0.357 e. The van der Waals surface area contributed by atoms with E-state index in [9.17, 15) is 4.79 Å². The van der Waals surface area contributed by atoms with Crippen molar-refractivity contribution >= 4 is 5.97 Å². The lowest BCUT2D eigenvalue weighted by Crippen LogP contribution is -2.07. The second-order valence-electron chi connectivity index (χ2n) is 4.60. The first-order valence-corrected chi connectivity index (χ1v) is 6.69. The van der Waals surface area contributed by atoms with E-state index in [2.05, 4.69) is 15.0 Å². The molecule has 0 saturated heterocycles. The first-order valence-electron chi connectivity index (χ1n) is 6.69. The third kappa shape index (κ3) is 2.69. The molecular formula is C17H13N3O2. The predicted molar refractivity (Wildman–Crippen MR) is 82.0 cm³/mol. The fraction of sp³-hybridized carbons (Fsp3) is 0.0588. The van der Waals surface area contributed by atoms with Gasteiger partial charge in [0.1, 0.15) is 0 Å². The fourth-order valence-corrected chi connectivity index (χ4v) is 2.16.